The van der Waals surface area contributed by atoms with Gasteiger partial charge in [0, 0.05) is 44.1 Å². The monoisotopic (exact) mass is 395 g/mol. The largest absolute Gasteiger partial charge is 0.352 e. The van der Waals surface area contributed by atoms with E-state index in [0.29, 0.717) is 18.7 Å². The Hall–Kier alpha value is -3.80. The summed E-state index contributed by atoms with van der Waals surface area (Å²) in [5.74, 6) is 0.868. The molecule has 0 N–H and O–H groups in total. The van der Waals surface area contributed by atoms with Crippen molar-refractivity contribution in [2.45, 2.75) is 0 Å². The van der Waals surface area contributed by atoms with Crippen LogP contribution >= 0.6 is 0 Å². The Balaban J connectivity index is 1.29. The number of carbonyl (C=O) groups excluding carboxylic acids is 1. The van der Waals surface area contributed by atoms with Crippen molar-refractivity contribution in [1.82, 2.24) is 20.1 Å². The molecule has 1 aliphatic heterocycles. The molecule has 148 valence electrons. The summed E-state index contributed by atoms with van der Waals surface area (Å²) in [5, 5.41) is 11.3. The number of fused-ring (bicyclic) bond motifs is 1. The van der Waals surface area contributed by atoms with E-state index >= 15 is 0 Å². The van der Waals surface area contributed by atoms with Crippen molar-refractivity contribution < 1.29 is 4.79 Å². The second kappa shape index (κ2) is 7.91. The van der Waals surface area contributed by atoms with Gasteiger partial charge in [-0.2, -0.15) is 0 Å². The molecule has 30 heavy (non-hydrogen) atoms. The SMILES string of the molecule is O=C(c1cccnc1)N1CCN(c2ccc(-c3cccc4ccccc34)nn2)CC1. The van der Waals surface area contributed by atoms with E-state index < -0.39 is 0 Å². The van der Waals surface area contributed by atoms with Crippen LogP contribution in [0.15, 0.2) is 79.1 Å². The summed E-state index contributed by atoms with van der Waals surface area (Å²) in [6, 6.07) is 22.2. The van der Waals surface area contributed by atoms with Gasteiger partial charge >= 0.3 is 0 Å². The van der Waals surface area contributed by atoms with Crippen molar-refractivity contribution in [2.24, 2.45) is 0 Å². The summed E-state index contributed by atoms with van der Waals surface area (Å²) in [5.41, 5.74) is 2.57. The molecule has 1 amide bonds. The molecule has 0 aliphatic carbocycles. The van der Waals surface area contributed by atoms with Crippen LogP contribution in [-0.4, -0.2) is 52.2 Å². The highest BCUT2D eigenvalue weighted by molar-refractivity contribution is 5.96. The summed E-state index contributed by atoms with van der Waals surface area (Å²) in [6.45, 7) is 2.77. The van der Waals surface area contributed by atoms with Gasteiger partial charge in [0.25, 0.3) is 5.91 Å². The molecule has 2 aromatic heterocycles. The van der Waals surface area contributed by atoms with E-state index in [9.17, 15) is 4.79 Å². The Kier molecular flexibility index (Phi) is 4.81. The number of anilines is 1. The zero-order valence-electron chi connectivity index (χ0n) is 16.5. The van der Waals surface area contributed by atoms with E-state index in [1.807, 2.05) is 35.2 Å². The van der Waals surface area contributed by atoms with Gasteiger partial charge in [-0.25, -0.2) is 0 Å². The lowest BCUT2D eigenvalue weighted by atomic mass is 10.0. The second-order valence-electron chi connectivity index (χ2n) is 7.32. The highest BCUT2D eigenvalue weighted by atomic mass is 16.2. The average Bonchev–Trinajstić information content (AvgIpc) is 2.84. The molecule has 0 atom stereocenters. The van der Waals surface area contributed by atoms with Crippen LogP contribution in [-0.2, 0) is 0 Å². The molecule has 0 radical (unpaired) electrons. The number of carbonyl (C=O) groups is 1. The Morgan fingerprint density at radius 2 is 1.63 bits per heavy atom. The number of pyridine rings is 1. The van der Waals surface area contributed by atoms with Gasteiger partial charge in [0.05, 0.1) is 11.3 Å². The number of rotatable bonds is 3. The minimum Gasteiger partial charge on any atom is -0.352 e. The fourth-order valence-electron chi connectivity index (χ4n) is 3.90. The maximum atomic E-state index is 12.6. The maximum Gasteiger partial charge on any atom is 0.255 e. The molecule has 2 aromatic carbocycles. The van der Waals surface area contributed by atoms with E-state index in [-0.39, 0.29) is 5.91 Å². The third-order valence-corrected chi connectivity index (χ3v) is 5.52. The zero-order valence-corrected chi connectivity index (χ0v) is 16.5. The quantitative estimate of drug-likeness (QED) is 0.530. The summed E-state index contributed by atoms with van der Waals surface area (Å²) < 4.78 is 0. The van der Waals surface area contributed by atoms with Gasteiger partial charge in [0.15, 0.2) is 5.82 Å². The molecule has 6 nitrogen and oxygen atoms in total. The fraction of sp³-hybridized carbons (Fsp3) is 0.167. The molecular formula is C24H21N5O. The Bertz CT molecular complexity index is 1160. The first-order valence-electron chi connectivity index (χ1n) is 10.1. The number of benzene rings is 2. The molecule has 0 bridgehead atoms. The standard InChI is InChI=1S/C24H21N5O/c30-24(19-7-4-12-25-17-19)29-15-13-28(14-16-29)23-11-10-22(26-27-23)21-9-3-6-18-5-1-2-8-20(18)21/h1-12,17H,13-16H2. The van der Waals surface area contributed by atoms with E-state index in [4.69, 9.17) is 0 Å². The van der Waals surface area contributed by atoms with Crippen LogP contribution in [0, 0.1) is 0 Å². The molecule has 6 heteroatoms. The topological polar surface area (TPSA) is 62.2 Å². The van der Waals surface area contributed by atoms with Gasteiger partial charge in [0.1, 0.15) is 0 Å². The van der Waals surface area contributed by atoms with E-state index in [1.54, 1.807) is 24.5 Å². The molecule has 0 unspecified atom stereocenters. The van der Waals surface area contributed by atoms with Crippen LogP contribution in [0.5, 0.6) is 0 Å². The highest BCUT2D eigenvalue weighted by Gasteiger charge is 2.23. The Labute approximate surface area is 174 Å². The van der Waals surface area contributed by atoms with Gasteiger partial charge in [-0.15, -0.1) is 10.2 Å². The van der Waals surface area contributed by atoms with Gasteiger partial charge in [-0.05, 0) is 35.0 Å². The molecule has 0 saturated carbocycles. The predicted octanol–water partition coefficient (Wildman–Crippen LogP) is 3.65. The minimum absolute atomic E-state index is 0.0279. The van der Waals surface area contributed by atoms with Crippen molar-refractivity contribution in [3.05, 3.63) is 84.7 Å². The summed E-state index contributed by atoms with van der Waals surface area (Å²) in [4.78, 5) is 20.7. The van der Waals surface area contributed by atoms with E-state index in [2.05, 4.69) is 44.3 Å². The number of amides is 1. The lowest BCUT2D eigenvalue weighted by molar-refractivity contribution is 0.0746. The van der Waals surface area contributed by atoms with Crippen LogP contribution in [0.3, 0.4) is 0 Å². The molecule has 0 spiro atoms. The summed E-state index contributed by atoms with van der Waals surface area (Å²) in [7, 11) is 0. The maximum absolute atomic E-state index is 12.6. The number of hydrogen-bond acceptors (Lipinski definition) is 5. The van der Waals surface area contributed by atoms with Crippen LogP contribution in [0.2, 0.25) is 0 Å². The van der Waals surface area contributed by atoms with Gasteiger partial charge < -0.3 is 9.80 Å². The first-order chi connectivity index (χ1) is 14.8. The first kappa shape index (κ1) is 18.2. The lowest BCUT2D eigenvalue weighted by Crippen LogP contribution is -2.49. The average molecular weight is 395 g/mol. The Morgan fingerprint density at radius 3 is 2.40 bits per heavy atom. The molecule has 5 rings (SSSR count). The smallest absolute Gasteiger partial charge is 0.255 e. The third-order valence-electron chi connectivity index (χ3n) is 5.52. The van der Waals surface area contributed by atoms with Crippen molar-refractivity contribution in [3.63, 3.8) is 0 Å². The number of piperazine rings is 1. The van der Waals surface area contributed by atoms with Crippen molar-refractivity contribution in [3.8, 4) is 11.3 Å². The molecule has 3 heterocycles. The van der Waals surface area contributed by atoms with Crippen molar-refractivity contribution in [2.75, 3.05) is 31.1 Å². The number of nitrogens with zero attached hydrogens (tertiary/aromatic N) is 5. The van der Waals surface area contributed by atoms with E-state index in [1.165, 1.54) is 10.8 Å². The molecule has 1 aliphatic rings. The fourth-order valence-corrected chi connectivity index (χ4v) is 3.90. The third kappa shape index (κ3) is 3.48. The number of aromatic nitrogens is 3. The summed E-state index contributed by atoms with van der Waals surface area (Å²) >= 11 is 0. The lowest BCUT2D eigenvalue weighted by Gasteiger charge is -2.35. The second-order valence-corrected chi connectivity index (χ2v) is 7.32. The highest BCUT2D eigenvalue weighted by Crippen LogP contribution is 2.27. The van der Waals surface area contributed by atoms with Crippen LogP contribution in [0.25, 0.3) is 22.0 Å². The van der Waals surface area contributed by atoms with E-state index in [0.717, 1.165) is 30.2 Å². The number of hydrogen-bond donors (Lipinski definition) is 0. The Morgan fingerprint density at radius 1 is 0.800 bits per heavy atom. The molecular weight excluding hydrogens is 374 g/mol. The van der Waals surface area contributed by atoms with Crippen LogP contribution in [0.4, 0.5) is 5.82 Å². The van der Waals surface area contributed by atoms with Gasteiger partial charge in [-0.1, -0.05) is 42.5 Å². The van der Waals surface area contributed by atoms with Gasteiger partial charge in [0.2, 0.25) is 0 Å². The molecule has 1 saturated heterocycles. The zero-order chi connectivity index (χ0) is 20.3. The predicted molar refractivity (Wildman–Crippen MR) is 117 cm³/mol. The first-order valence-corrected chi connectivity index (χ1v) is 10.1. The molecule has 1 fully saturated rings. The van der Waals surface area contributed by atoms with Crippen molar-refractivity contribution >= 4 is 22.5 Å². The van der Waals surface area contributed by atoms with Crippen molar-refractivity contribution in [1.29, 1.82) is 0 Å². The molecule has 4 aromatic rings. The summed E-state index contributed by atoms with van der Waals surface area (Å²) in [6.07, 6.45) is 3.29. The van der Waals surface area contributed by atoms with Crippen LogP contribution < -0.4 is 4.90 Å². The van der Waals surface area contributed by atoms with Gasteiger partial charge in [-0.3, -0.25) is 9.78 Å². The van der Waals surface area contributed by atoms with Crippen LogP contribution in [0.1, 0.15) is 10.4 Å². The minimum atomic E-state index is 0.0279. The normalized spacial score (nSPS) is 14.1.